The largest absolute Gasteiger partial charge is 0.314 e. The summed E-state index contributed by atoms with van der Waals surface area (Å²) in [6, 6.07) is 12.1. The van der Waals surface area contributed by atoms with Crippen LogP contribution in [0.4, 0.5) is 25.8 Å². The van der Waals surface area contributed by atoms with Crippen molar-refractivity contribution in [2.24, 2.45) is 0 Å². The van der Waals surface area contributed by atoms with Crippen LogP contribution in [0.5, 0.6) is 0 Å². The molecule has 2 aliphatic rings. The zero-order valence-corrected chi connectivity index (χ0v) is 15.3. The molecule has 0 aromatic heterocycles. The van der Waals surface area contributed by atoms with Crippen LogP contribution in [0.2, 0.25) is 0 Å². The molecule has 0 atom stereocenters. The van der Waals surface area contributed by atoms with Crippen molar-refractivity contribution in [2.45, 2.75) is 6.42 Å². The molecular formula is C19H22F2N4S. The average Bonchev–Trinajstić information content (AvgIpc) is 3.04. The van der Waals surface area contributed by atoms with Gasteiger partial charge in [0.05, 0.1) is 29.2 Å². The summed E-state index contributed by atoms with van der Waals surface area (Å²) in [6.45, 7) is 6.31. The fraction of sp³-hybridized carbons (Fsp3) is 0.368. The molecule has 1 fully saturated rings. The van der Waals surface area contributed by atoms with E-state index in [1.807, 2.05) is 22.5 Å². The maximum Gasteiger partial charge on any atom is 0.160 e. The average molecular weight is 376 g/mol. The summed E-state index contributed by atoms with van der Waals surface area (Å²) < 4.78 is 31.2. The number of hydrogen-bond acceptors (Lipinski definition) is 5. The van der Waals surface area contributed by atoms with E-state index in [1.54, 1.807) is 18.2 Å². The van der Waals surface area contributed by atoms with Gasteiger partial charge in [0.25, 0.3) is 0 Å². The van der Waals surface area contributed by atoms with E-state index in [4.69, 9.17) is 0 Å². The van der Waals surface area contributed by atoms with Crippen LogP contribution in [0.15, 0.2) is 42.5 Å². The van der Waals surface area contributed by atoms with E-state index in [9.17, 15) is 8.78 Å². The number of nitrogens with one attached hydrogen (secondary N) is 1. The Bertz CT molecular complexity index is 767. The second-order valence-corrected chi connectivity index (χ2v) is 7.48. The van der Waals surface area contributed by atoms with Crippen molar-refractivity contribution in [2.75, 3.05) is 47.9 Å². The maximum absolute atomic E-state index is 13.7. The zero-order chi connectivity index (χ0) is 17.9. The van der Waals surface area contributed by atoms with E-state index in [0.717, 1.165) is 57.1 Å². The van der Waals surface area contributed by atoms with Gasteiger partial charge in [-0.15, -0.1) is 0 Å². The lowest BCUT2D eigenvalue weighted by Crippen LogP contribution is -2.44. The van der Waals surface area contributed by atoms with Crippen LogP contribution in [-0.2, 0) is 0 Å². The number of nitrogens with zero attached hydrogens (tertiary/aromatic N) is 3. The topological polar surface area (TPSA) is 21.8 Å². The summed E-state index contributed by atoms with van der Waals surface area (Å²) in [5.41, 5.74) is 2.76. The smallest absolute Gasteiger partial charge is 0.160 e. The molecule has 0 unspecified atom stereocenters. The molecule has 2 aliphatic heterocycles. The van der Waals surface area contributed by atoms with Gasteiger partial charge in [-0.25, -0.2) is 8.78 Å². The predicted molar refractivity (Wildman–Crippen MR) is 104 cm³/mol. The summed E-state index contributed by atoms with van der Waals surface area (Å²) >= 11 is 1.54. The molecule has 1 saturated heterocycles. The lowest BCUT2D eigenvalue weighted by molar-refractivity contribution is 0.240. The third kappa shape index (κ3) is 3.65. The lowest BCUT2D eigenvalue weighted by Gasteiger charge is -2.28. The molecule has 26 heavy (non-hydrogen) atoms. The van der Waals surface area contributed by atoms with Crippen LogP contribution in [-0.4, -0.2) is 44.2 Å². The SMILES string of the molecule is Fc1ccc(N2SN(CCCN3CCNCC3)c3ccccc32)cc1F. The molecule has 0 saturated carbocycles. The van der Waals surface area contributed by atoms with Crippen LogP contribution in [0.25, 0.3) is 0 Å². The fourth-order valence-corrected chi connectivity index (χ4v) is 4.47. The second kappa shape index (κ2) is 7.82. The van der Waals surface area contributed by atoms with E-state index < -0.39 is 11.6 Å². The van der Waals surface area contributed by atoms with E-state index in [1.165, 1.54) is 12.1 Å². The van der Waals surface area contributed by atoms with Gasteiger partial charge in [-0.05, 0) is 37.2 Å². The molecule has 0 amide bonds. The first-order valence-corrected chi connectivity index (χ1v) is 9.68. The molecule has 1 N–H and O–H groups in total. The molecule has 0 radical (unpaired) electrons. The van der Waals surface area contributed by atoms with E-state index in [-0.39, 0.29) is 0 Å². The number of halogens is 2. The predicted octanol–water partition coefficient (Wildman–Crippen LogP) is 3.78. The molecule has 4 nitrogen and oxygen atoms in total. The molecule has 2 aromatic rings. The zero-order valence-electron chi connectivity index (χ0n) is 14.5. The summed E-state index contributed by atoms with van der Waals surface area (Å²) in [6.07, 6.45) is 1.06. The Balaban J connectivity index is 1.46. The minimum atomic E-state index is -0.822. The Morgan fingerprint density at radius 2 is 1.69 bits per heavy atom. The van der Waals surface area contributed by atoms with E-state index in [0.29, 0.717) is 5.69 Å². The number of hydrogen-bond donors (Lipinski definition) is 1. The minimum Gasteiger partial charge on any atom is -0.314 e. The number of anilines is 3. The van der Waals surface area contributed by atoms with Crippen molar-refractivity contribution >= 4 is 29.2 Å². The summed E-state index contributed by atoms with van der Waals surface area (Å²) in [5, 5.41) is 3.37. The van der Waals surface area contributed by atoms with Crippen molar-refractivity contribution in [1.29, 1.82) is 0 Å². The standard InChI is InChI=1S/C19H22F2N4S/c20-16-7-6-15(14-17(16)21)25-19-5-2-1-4-18(19)24(26-25)11-3-10-23-12-8-22-9-13-23/h1-2,4-7,14,22H,3,8-13H2. The second-order valence-electron chi connectivity index (χ2n) is 6.51. The first-order chi connectivity index (χ1) is 12.7. The molecule has 7 heteroatoms. The number of piperazine rings is 1. The summed E-state index contributed by atoms with van der Waals surface area (Å²) in [4.78, 5) is 2.48. The molecule has 4 rings (SSSR count). The first kappa shape index (κ1) is 17.6. The third-order valence-electron chi connectivity index (χ3n) is 4.73. The van der Waals surface area contributed by atoms with Crippen LogP contribution < -0.4 is 13.9 Å². The fourth-order valence-electron chi connectivity index (χ4n) is 3.36. The highest BCUT2D eigenvalue weighted by molar-refractivity contribution is 8.02. The van der Waals surface area contributed by atoms with Crippen molar-refractivity contribution in [3.63, 3.8) is 0 Å². The van der Waals surface area contributed by atoms with Crippen molar-refractivity contribution in [1.82, 2.24) is 10.2 Å². The highest BCUT2D eigenvalue weighted by Crippen LogP contribution is 2.48. The summed E-state index contributed by atoms with van der Waals surface area (Å²) in [7, 11) is 0. The van der Waals surface area contributed by atoms with Gasteiger partial charge in [0.2, 0.25) is 0 Å². The molecule has 138 valence electrons. The van der Waals surface area contributed by atoms with Gasteiger partial charge in [-0.3, -0.25) is 8.61 Å². The van der Waals surface area contributed by atoms with Crippen LogP contribution in [0.1, 0.15) is 6.42 Å². The van der Waals surface area contributed by atoms with E-state index >= 15 is 0 Å². The van der Waals surface area contributed by atoms with Crippen LogP contribution in [0, 0.1) is 11.6 Å². The monoisotopic (exact) mass is 376 g/mol. The highest BCUT2D eigenvalue weighted by Gasteiger charge is 2.28. The van der Waals surface area contributed by atoms with Gasteiger partial charge in [-0.1, -0.05) is 12.1 Å². The van der Waals surface area contributed by atoms with Gasteiger partial charge < -0.3 is 10.2 Å². The molecule has 2 aromatic carbocycles. The Labute approximate surface area is 157 Å². The number of benzene rings is 2. The van der Waals surface area contributed by atoms with Crippen molar-refractivity contribution < 1.29 is 8.78 Å². The van der Waals surface area contributed by atoms with Crippen LogP contribution >= 0.6 is 12.1 Å². The van der Waals surface area contributed by atoms with Gasteiger partial charge >= 0.3 is 0 Å². The maximum atomic E-state index is 13.7. The molecular weight excluding hydrogens is 354 g/mol. The molecule has 0 bridgehead atoms. The molecule has 0 spiro atoms. The van der Waals surface area contributed by atoms with Gasteiger partial charge in [0, 0.05) is 38.8 Å². The highest BCUT2D eigenvalue weighted by atomic mass is 32.2. The van der Waals surface area contributed by atoms with Gasteiger partial charge in [0.15, 0.2) is 11.6 Å². The Hall–Kier alpha value is -1.83. The summed E-state index contributed by atoms with van der Waals surface area (Å²) in [5.74, 6) is -1.64. The number of fused-ring (bicyclic) bond motifs is 1. The van der Waals surface area contributed by atoms with Gasteiger partial charge in [0.1, 0.15) is 0 Å². The normalized spacial score (nSPS) is 17.6. The Morgan fingerprint density at radius 3 is 2.46 bits per heavy atom. The Morgan fingerprint density at radius 1 is 0.923 bits per heavy atom. The van der Waals surface area contributed by atoms with Gasteiger partial charge in [-0.2, -0.15) is 0 Å². The van der Waals surface area contributed by atoms with E-state index in [2.05, 4.69) is 20.6 Å². The minimum absolute atomic E-state index is 0.644. The molecule has 2 heterocycles. The third-order valence-corrected chi connectivity index (χ3v) is 5.88. The molecule has 0 aliphatic carbocycles. The first-order valence-electron chi connectivity index (χ1n) is 8.95. The Kier molecular flexibility index (Phi) is 5.28. The van der Waals surface area contributed by atoms with Crippen molar-refractivity contribution in [3.05, 3.63) is 54.1 Å². The number of rotatable bonds is 5. The number of para-hydroxylation sites is 2. The van der Waals surface area contributed by atoms with Crippen molar-refractivity contribution in [3.8, 4) is 0 Å². The lowest BCUT2D eigenvalue weighted by atomic mass is 10.2. The quantitative estimate of drug-likeness (QED) is 0.800. The van der Waals surface area contributed by atoms with Crippen LogP contribution in [0.3, 0.4) is 0 Å².